The molecule has 14 rings (SSSR count). The number of carbonyl (C=O) groups is 5. The highest BCUT2D eigenvalue weighted by atomic mass is 19.4. The number of pyridine rings is 1. The van der Waals surface area contributed by atoms with Crippen molar-refractivity contribution in [2.24, 2.45) is 0 Å². The van der Waals surface area contributed by atoms with Gasteiger partial charge in [-0.2, -0.15) is 39.5 Å². The van der Waals surface area contributed by atoms with Crippen molar-refractivity contribution in [1.82, 2.24) is 15.6 Å². The molecule has 0 atom stereocenters. The number of nitrogens with zero attached hydrogens (tertiary/aromatic N) is 3. The van der Waals surface area contributed by atoms with E-state index in [4.69, 9.17) is 33.2 Å². The van der Waals surface area contributed by atoms with E-state index in [0.29, 0.717) is 139 Å². The minimum absolute atomic E-state index is 0.00866. The molecule has 0 saturated carbocycles. The van der Waals surface area contributed by atoms with Crippen LogP contribution in [0, 0.1) is 0 Å². The van der Waals surface area contributed by atoms with Crippen molar-refractivity contribution in [2.45, 2.75) is 81.3 Å². The first kappa shape index (κ1) is 75.8. The van der Waals surface area contributed by atoms with Crippen LogP contribution < -0.4 is 61.1 Å². The molecule has 7 amide bonds. The molecule has 564 valence electrons. The first-order valence-corrected chi connectivity index (χ1v) is 34.0. The third kappa shape index (κ3) is 17.3. The summed E-state index contributed by atoms with van der Waals surface area (Å²) in [6, 6.07) is 26.7. The maximum absolute atomic E-state index is 13.4. The molecule has 8 heterocycles. The number of allylic oxidation sites excluding steroid dienone is 1. The summed E-state index contributed by atoms with van der Waals surface area (Å²) < 4.78 is 159. The van der Waals surface area contributed by atoms with Crippen LogP contribution in [0.5, 0.6) is 17.2 Å². The highest BCUT2D eigenvalue weighted by molar-refractivity contribution is 6.08. The zero-order chi connectivity index (χ0) is 76.2. The number of ether oxygens (including phenoxy) is 7. The Kier molecular flexibility index (Phi) is 22.2. The van der Waals surface area contributed by atoms with E-state index in [2.05, 4.69) is 36.5 Å². The number of aromatic amines is 1. The molecule has 0 aliphatic carbocycles. The Morgan fingerprint density at radius 3 is 1.56 bits per heavy atom. The highest BCUT2D eigenvalue weighted by Crippen LogP contribution is 2.48. The van der Waals surface area contributed by atoms with Crippen molar-refractivity contribution in [1.29, 1.82) is 0 Å². The van der Waals surface area contributed by atoms with E-state index in [0.717, 1.165) is 58.6 Å². The fourth-order valence-corrected chi connectivity index (χ4v) is 13.9. The lowest BCUT2D eigenvalue weighted by molar-refractivity contribution is -0.138. The van der Waals surface area contributed by atoms with E-state index in [1.165, 1.54) is 60.4 Å². The minimum Gasteiger partial charge on any atom is -0.493 e. The molecule has 107 heavy (non-hydrogen) atoms. The van der Waals surface area contributed by atoms with Gasteiger partial charge in [-0.15, -0.1) is 0 Å². The minimum atomic E-state index is -4.56. The molecule has 2 saturated heterocycles. The van der Waals surface area contributed by atoms with Gasteiger partial charge in [-0.05, 0) is 108 Å². The number of nitrogens with one attached hydrogen (secondary N) is 6. The number of urea groups is 2. The molecule has 1 spiro atoms. The zero-order valence-electron chi connectivity index (χ0n) is 58.3. The summed E-state index contributed by atoms with van der Waals surface area (Å²) in [5, 5.41) is 14.8. The van der Waals surface area contributed by atoms with Crippen molar-refractivity contribution in [2.75, 3.05) is 118 Å². The van der Waals surface area contributed by atoms with Crippen molar-refractivity contribution in [3.05, 3.63) is 188 Å². The largest absolute Gasteiger partial charge is 0.493 e. The number of rotatable bonds is 11. The molecule has 6 aromatic carbocycles. The second-order valence-electron chi connectivity index (χ2n) is 26.4. The van der Waals surface area contributed by atoms with Gasteiger partial charge in [0.15, 0.2) is 5.60 Å². The van der Waals surface area contributed by atoms with Gasteiger partial charge in [-0.3, -0.25) is 29.0 Å². The fraction of sp³-hybridized carbons (Fsp3) is 0.342. The lowest BCUT2D eigenvalue weighted by Gasteiger charge is -2.42. The number of hydrogen-bond acceptors (Lipinski definition) is 14. The third-order valence-electron chi connectivity index (χ3n) is 19.0. The van der Waals surface area contributed by atoms with E-state index in [1.807, 2.05) is 6.07 Å². The number of alkyl halides is 9. The van der Waals surface area contributed by atoms with Crippen molar-refractivity contribution >= 4 is 91.5 Å². The quantitative estimate of drug-likeness (QED) is 0.0521. The molecule has 0 unspecified atom stereocenters. The summed E-state index contributed by atoms with van der Waals surface area (Å²) in [5.74, 6) is -1.10. The second-order valence-corrected chi connectivity index (χ2v) is 26.4. The molecular weight excluding hydrogens is 1420 g/mol. The van der Waals surface area contributed by atoms with Gasteiger partial charge in [0, 0.05) is 155 Å². The lowest BCUT2D eigenvalue weighted by Crippen LogP contribution is -2.47. The summed E-state index contributed by atoms with van der Waals surface area (Å²) in [6.45, 7) is 4.25. The smallest absolute Gasteiger partial charge is 0.416 e. The number of H-pyrrole nitrogens is 1. The predicted molar refractivity (Wildman–Crippen MR) is 380 cm³/mol. The van der Waals surface area contributed by atoms with Crippen LogP contribution in [0.25, 0.3) is 27.6 Å². The molecular formula is C76H74F9N9O13. The monoisotopic (exact) mass is 1490 g/mol. The van der Waals surface area contributed by atoms with Crippen LogP contribution in [-0.2, 0) is 64.9 Å². The fourth-order valence-electron chi connectivity index (χ4n) is 13.9. The Bertz CT molecular complexity index is 4750. The summed E-state index contributed by atoms with van der Waals surface area (Å²) >= 11 is 0. The molecule has 2 fully saturated rings. The standard InChI is InChI=1S/C26H24F3N3O4.C25H26F3N3O5.C25H24F3N3O4/c27-26(28,29)17-3-5-19-16(2-1-9-36-23(19)13-17)12-24(33)30-18-4-6-20-21(14-18)31-25(34)15-22(20)32-7-10-35-11-8-32;1-31-20-6-4-5-19(18(20)12-29-23(31)33)30-22(32)9-15-11-24(13-34-2,14-35-3)36-21-10-16(25(26,27)28)7-8-17(15)21;1-31-20-4-2-3-19(18(20)14-29-23(31)33)30-22(32)11-15-13-24(7-9-34-10-8-24)35-21-12-16(25(26,27)28)5-6-17(15)21/h3-6,12-15H,1-2,7-11H2,(H,30,33)(H,31,34);4-10H,11-14H2,1-3H3,(H,29,33)(H,30,32);2-6,11-12H,7-10,13-14H2,1H3,(H,29,33)(H,30,32)/b16-12+;15-9+;15-11+. The van der Waals surface area contributed by atoms with Crippen LogP contribution in [0.1, 0.15) is 83.0 Å². The Balaban J connectivity index is 0.000000150. The Labute approximate surface area is 606 Å². The van der Waals surface area contributed by atoms with Gasteiger partial charge >= 0.3 is 30.6 Å². The zero-order valence-corrected chi connectivity index (χ0v) is 58.3. The molecule has 7 aliphatic rings. The molecule has 31 heteroatoms. The van der Waals surface area contributed by atoms with Crippen molar-refractivity contribution in [3.63, 3.8) is 0 Å². The maximum Gasteiger partial charge on any atom is 0.416 e. The summed E-state index contributed by atoms with van der Waals surface area (Å²) in [6.07, 6.45) is -6.75. The van der Waals surface area contributed by atoms with Gasteiger partial charge in [0.1, 0.15) is 22.8 Å². The van der Waals surface area contributed by atoms with Crippen LogP contribution in [0.4, 0.5) is 83.2 Å². The third-order valence-corrected chi connectivity index (χ3v) is 19.0. The first-order valence-electron chi connectivity index (χ1n) is 34.0. The number of hydrogen-bond donors (Lipinski definition) is 6. The van der Waals surface area contributed by atoms with E-state index >= 15 is 0 Å². The molecule has 0 radical (unpaired) electrons. The van der Waals surface area contributed by atoms with Gasteiger partial charge in [0.25, 0.3) is 0 Å². The van der Waals surface area contributed by atoms with Crippen LogP contribution in [0.15, 0.2) is 138 Å². The van der Waals surface area contributed by atoms with Crippen molar-refractivity contribution < 1.29 is 96.6 Å². The maximum atomic E-state index is 13.4. The summed E-state index contributed by atoms with van der Waals surface area (Å²) in [7, 11) is 6.17. The Morgan fingerprint density at radius 1 is 0.542 bits per heavy atom. The van der Waals surface area contributed by atoms with Crippen molar-refractivity contribution in [3.8, 4) is 17.2 Å². The van der Waals surface area contributed by atoms with Gasteiger partial charge < -0.3 is 69.6 Å². The summed E-state index contributed by atoms with van der Waals surface area (Å²) in [4.78, 5) is 83.0. The number of anilines is 6. The van der Waals surface area contributed by atoms with Gasteiger partial charge in [-0.1, -0.05) is 30.3 Å². The normalized spacial score (nSPS) is 18.4. The number of morpholine rings is 1. The Hall–Kier alpha value is -10.9. The molecule has 1 aromatic heterocycles. The van der Waals surface area contributed by atoms with E-state index in [1.54, 1.807) is 68.7 Å². The molecule has 22 nitrogen and oxygen atoms in total. The van der Waals surface area contributed by atoms with E-state index in [9.17, 15) is 68.3 Å². The second kappa shape index (κ2) is 31.3. The number of aromatic nitrogens is 1. The summed E-state index contributed by atoms with van der Waals surface area (Å²) in [5.41, 5.74) is 4.25. The van der Waals surface area contributed by atoms with Crippen LogP contribution in [0.3, 0.4) is 0 Å². The molecule has 6 N–H and O–H groups in total. The average molecular weight is 1490 g/mol. The molecule has 7 aromatic rings. The molecule has 7 aliphatic heterocycles. The van der Waals surface area contributed by atoms with Gasteiger partial charge in [0.2, 0.25) is 23.3 Å². The predicted octanol–water partition coefficient (Wildman–Crippen LogP) is 13.5. The van der Waals surface area contributed by atoms with Gasteiger partial charge in [0.05, 0.1) is 85.5 Å². The topological polar surface area (TPSA) is 253 Å². The molecule has 0 bridgehead atoms. The first-order chi connectivity index (χ1) is 51.0. The number of halogens is 9. The van der Waals surface area contributed by atoms with Crippen LogP contribution in [0.2, 0.25) is 0 Å². The van der Waals surface area contributed by atoms with Gasteiger partial charge in [-0.25, -0.2) is 9.59 Å². The number of benzene rings is 6. The number of methoxy groups -OCH3 is 2. The average Bonchev–Trinajstić information content (AvgIpc) is 1.10. The number of fused-ring (bicyclic) bond motifs is 6. The highest BCUT2D eigenvalue weighted by Gasteiger charge is 2.44. The van der Waals surface area contributed by atoms with Crippen LogP contribution in [-0.4, -0.2) is 134 Å². The number of carbonyl (C=O) groups excluding carboxylic acids is 5. The number of amides is 7. The Morgan fingerprint density at radius 2 is 1.03 bits per heavy atom. The van der Waals surface area contributed by atoms with E-state index in [-0.39, 0.29) is 74.2 Å². The van der Waals surface area contributed by atoms with E-state index < -0.39 is 64.1 Å². The lowest BCUT2D eigenvalue weighted by atomic mass is 9.81. The SMILES string of the molecule is CN1C(=O)NCc2c(NC(=O)/C=C3\CC4(CCOCC4)Oc4cc(C(F)(F)F)ccc43)cccc21.COCC1(COC)C/C(=C\C(=O)Nc2cccc3c2CNC(=O)N3C)c2ccc(C(F)(F)F)cc2O1.O=C(/C=C1\CCCOc2cc(C(F)(F)F)ccc21)Nc1ccc2c(N3CCOCC3)cc(=O)[nH]c2c1. The van der Waals surface area contributed by atoms with Crippen LogP contribution >= 0.6 is 0 Å².